The molecule has 12 heavy (non-hydrogen) atoms. The molecular formula is C9H16ClNO. The lowest BCUT2D eigenvalue weighted by atomic mass is 9.89. The third kappa shape index (κ3) is 2.77. The third-order valence-electron chi connectivity index (χ3n) is 2.28. The number of hydrogen-bond acceptors (Lipinski definition) is 2. The zero-order valence-electron chi connectivity index (χ0n) is 7.64. The molecular weight excluding hydrogens is 174 g/mol. The van der Waals surface area contributed by atoms with Crippen molar-refractivity contribution in [3.63, 3.8) is 0 Å². The van der Waals surface area contributed by atoms with Crippen molar-refractivity contribution in [2.45, 2.75) is 31.9 Å². The lowest BCUT2D eigenvalue weighted by Gasteiger charge is -2.34. The SMILES string of the molecule is COC1CC(NCC(C)=CCl)C1. The van der Waals surface area contributed by atoms with Gasteiger partial charge >= 0.3 is 0 Å². The maximum atomic E-state index is 5.53. The molecule has 3 heteroatoms. The number of rotatable bonds is 4. The van der Waals surface area contributed by atoms with Crippen LogP contribution in [-0.4, -0.2) is 25.8 Å². The minimum absolute atomic E-state index is 0.475. The van der Waals surface area contributed by atoms with Crippen LogP contribution < -0.4 is 5.32 Å². The van der Waals surface area contributed by atoms with Crippen molar-refractivity contribution in [2.75, 3.05) is 13.7 Å². The fraction of sp³-hybridized carbons (Fsp3) is 0.778. The topological polar surface area (TPSA) is 21.3 Å². The normalized spacial score (nSPS) is 30.1. The molecule has 2 nitrogen and oxygen atoms in total. The molecule has 1 aliphatic carbocycles. The summed E-state index contributed by atoms with van der Waals surface area (Å²) in [6.45, 7) is 2.91. The minimum atomic E-state index is 0.475. The summed E-state index contributed by atoms with van der Waals surface area (Å²) in [5.74, 6) is 0. The molecule has 0 atom stereocenters. The van der Waals surface area contributed by atoms with Crippen LogP contribution in [0.4, 0.5) is 0 Å². The van der Waals surface area contributed by atoms with Gasteiger partial charge in [0.25, 0.3) is 0 Å². The first kappa shape index (κ1) is 10.0. The van der Waals surface area contributed by atoms with Gasteiger partial charge in [0.1, 0.15) is 0 Å². The van der Waals surface area contributed by atoms with E-state index in [4.69, 9.17) is 16.3 Å². The third-order valence-corrected chi connectivity index (χ3v) is 2.66. The van der Waals surface area contributed by atoms with Crippen molar-refractivity contribution < 1.29 is 4.74 Å². The zero-order chi connectivity index (χ0) is 8.97. The number of ether oxygens (including phenoxy) is 1. The van der Waals surface area contributed by atoms with Gasteiger partial charge in [-0.2, -0.15) is 0 Å². The van der Waals surface area contributed by atoms with Crippen LogP contribution in [0.15, 0.2) is 11.1 Å². The van der Waals surface area contributed by atoms with E-state index in [1.165, 1.54) is 5.57 Å². The first-order chi connectivity index (χ1) is 5.76. The minimum Gasteiger partial charge on any atom is -0.381 e. The van der Waals surface area contributed by atoms with Gasteiger partial charge in [-0.25, -0.2) is 0 Å². The fourth-order valence-corrected chi connectivity index (χ4v) is 1.35. The van der Waals surface area contributed by atoms with Crippen LogP contribution in [0.1, 0.15) is 19.8 Å². The van der Waals surface area contributed by atoms with Crippen LogP contribution in [0, 0.1) is 0 Å². The van der Waals surface area contributed by atoms with Crippen molar-refractivity contribution in [1.29, 1.82) is 0 Å². The molecule has 0 spiro atoms. The summed E-state index contributed by atoms with van der Waals surface area (Å²) in [6.07, 6.45) is 2.74. The van der Waals surface area contributed by atoms with E-state index in [2.05, 4.69) is 5.32 Å². The molecule has 0 aromatic heterocycles. The standard InChI is InChI=1S/C9H16ClNO/c1-7(5-10)6-11-8-3-9(4-8)12-2/h5,8-9,11H,3-4,6H2,1-2H3. The van der Waals surface area contributed by atoms with Crippen LogP contribution in [0.3, 0.4) is 0 Å². The van der Waals surface area contributed by atoms with Crippen LogP contribution in [0.5, 0.6) is 0 Å². The lowest BCUT2D eigenvalue weighted by Crippen LogP contribution is -2.45. The molecule has 0 radical (unpaired) electrons. The molecule has 0 aromatic rings. The van der Waals surface area contributed by atoms with Crippen LogP contribution in [-0.2, 0) is 4.74 Å². The van der Waals surface area contributed by atoms with Gasteiger partial charge in [0.2, 0.25) is 0 Å². The Morgan fingerprint density at radius 2 is 2.33 bits per heavy atom. The van der Waals surface area contributed by atoms with Gasteiger partial charge in [-0.05, 0) is 25.3 Å². The maximum Gasteiger partial charge on any atom is 0.0601 e. The summed E-state index contributed by atoms with van der Waals surface area (Å²) in [6, 6.07) is 0.626. The van der Waals surface area contributed by atoms with E-state index >= 15 is 0 Å². The average Bonchev–Trinajstić information content (AvgIpc) is 2.01. The molecule has 0 aromatic carbocycles. The summed E-state index contributed by atoms with van der Waals surface area (Å²) in [4.78, 5) is 0. The number of nitrogens with one attached hydrogen (secondary N) is 1. The maximum absolute atomic E-state index is 5.53. The van der Waals surface area contributed by atoms with Gasteiger partial charge < -0.3 is 10.1 Å². The predicted molar refractivity (Wildman–Crippen MR) is 51.4 cm³/mol. The highest BCUT2D eigenvalue weighted by molar-refractivity contribution is 6.25. The zero-order valence-corrected chi connectivity index (χ0v) is 8.40. The van der Waals surface area contributed by atoms with Gasteiger partial charge in [-0.15, -0.1) is 0 Å². The van der Waals surface area contributed by atoms with Gasteiger partial charge in [-0.1, -0.05) is 11.6 Å². The highest BCUT2D eigenvalue weighted by Gasteiger charge is 2.27. The Morgan fingerprint density at radius 1 is 1.67 bits per heavy atom. The molecule has 0 bridgehead atoms. The molecule has 1 saturated carbocycles. The lowest BCUT2D eigenvalue weighted by molar-refractivity contribution is 0.0183. The second-order valence-corrected chi connectivity index (χ2v) is 3.58. The van der Waals surface area contributed by atoms with Crippen LogP contribution in [0.25, 0.3) is 0 Å². The summed E-state index contributed by atoms with van der Waals surface area (Å²) in [7, 11) is 1.77. The first-order valence-corrected chi connectivity index (χ1v) is 4.72. The summed E-state index contributed by atoms with van der Waals surface area (Å²) in [5.41, 5.74) is 2.80. The molecule has 1 rings (SSSR count). The molecule has 0 unspecified atom stereocenters. The fourth-order valence-electron chi connectivity index (χ4n) is 1.27. The van der Waals surface area contributed by atoms with Crippen molar-refractivity contribution in [1.82, 2.24) is 5.32 Å². The highest BCUT2D eigenvalue weighted by Crippen LogP contribution is 2.22. The summed E-state index contributed by atoms with van der Waals surface area (Å²) < 4.78 is 5.17. The molecule has 1 N–H and O–H groups in total. The van der Waals surface area contributed by atoms with E-state index in [9.17, 15) is 0 Å². The molecule has 0 saturated heterocycles. The van der Waals surface area contributed by atoms with Crippen molar-refractivity contribution in [3.05, 3.63) is 11.1 Å². The van der Waals surface area contributed by atoms with E-state index in [1.807, 2.05) is 6.92 Å². The van der Waals surface area contributed by atoms with Gasteiger partial charge in [-0.3, -0.25) is 0 Å². The quantitative estimate of drug-likeness (QED) is 0.730. The monoisotopic (exact) mass is 189 g/mol. The molecule has 0 amide bonds. The predicted octanol–water partition coefficient (Wildman–Crippen LogP) is 1.90. The second-order valence-electron chi connectivity index (χ2n) is 3.36. The van der Waals surface area contributed by atoms with Gasteiger partial charge in [0.05, 0.1) is 6.10 Å². The van der Waals surface area contributed by atoms with Crippen LogP contribution >= 0.6 is 11.6 Å². The van der Waals surface area contributed by atoms with E-state index in [0.29, 0.717) is 12.1 Å². The first-order valence-electron chi connectivity index (χ1n) is 4.28. The Balaban J connectivity index is 2.04. The average molecular weight is 190 g/mol. The van der Waals surface area contributed by atoms with Crippen LogP contribution in [0.2, 0.25) is 0 Å². The van der Waals surface area contributed by atoms with E-state index in [0.717, 1.165) is 19.4 Å². The van der Waals surface area contributed by atoms with E-state index in [1.54, 1.807) is 12.6 Å². The Labute approximate surface area is 78.9 Å². The Kier molecular flexibility index (Phi) is 4.06. The Hall–Kier alpha value is -0.0500. The van der Waals surface area contributed by atoms with Gasteiger partial charge in [0, 0.05) is 25.2 Å². The largest absolute Gasteiger partial charge is 0.381 e. The summed E-state index contributed by atoms with van der Waals surface area (Å²) in [5, 5.41) is 3.40. The Bertz CT molecular complexity index is 164. The number of hydrogen-bond donors (Lipinski definition) is 1. The van der Waals surface area contributed by atoms with Crippen molar-refractivity contribution in [2.24, 2.45) is 0 Å². The molecule has 0 heterocycles. The smallest absolute Gasteiger partial charge is 0.0601 e. The van der Waals surface area contributed by atoms with Crippen molar-refractivity contribution in [3.8, 4) is 0 Å². The number of methoxy groups -OCH3 is 1. The summed E-state index contributed by atoms with van der Waals surface area (Å²) >= 11 is 5.53. The molecule has 1 fully saturated rings. The van der Waals surface area contributed by atoms with Gasteiger partial charge in [0.15, 0.2) is 0 Å². The van der Waals surface area contributed by atoms with E-state index in [-0.39, 0.29) is 0 Å². The molecule has 1 aliphatic rings. The van der Waals surface area contributed by atoms with E-state index < -0.39 is 0 Å². The molecule has 0 aliphatic heterocycles. The molecule has 70 valence electrons. The van der Waals surface area contributed by atoms with Crippen molar-refractivity contribution >= 4 is 11.6 Å². The highest BCUT2D eigenvalue weighted by atomic mass is 35.5. The number of halogens is 1. The second kappa shape index (κ2) is 4.85. The Morgan fingerprint density at radius 3 is 2.83 bits per heavy atom.